The molecular formula is C14H16FN3O2. The van der Waals surface area contributed by atoms with Crippen LogP contribution >= 0.6 is 0 Å². The third kappa shape index (κ3) is 3.64. The molecule has 0 radical (unpaired) electrons. The van der Waals surface area contributed by atoms with Gasteiger partial charge < -0.3 is 10.4 Å². The quantitative estimate of drug-likeness (QED) is 0.864. The minimum Gasteiger partial charge on any atom is -0.386 e. The van der Waals surface area contributed by atoms with Crippen LogP contribution in [0.25, 0.3) is 0 Å². The van der Waals surface area contributed by atoms with Gasteiger partial charge in [-0.05, 0) is 30.7 Å². The Bertz CT molecular complexity index is 554. The van der Waals surface area contributed by atoms with Gasteiger partial charge in [-0.1, -0.05) is 12.1 Å². The van der Waals surface area contributed by atoms with Crippen molar-refractivity contribution in [2.24, 2.45) is 0 Å². The summed E-state index contributed by atoms with van der Waals surface area (Å²) in [4.78, 5) is 11.8. The molecule has 5 nitrogen and oxygen atoms in total. The first-order valence-corrected chi connectivity index (χ1v) is 6.26. The van der Waals surface area contributed by atoms with Crippen molar-refractivity contribution in [2.75, 3.05) is 0 Å². The molecule has 1 amide bonds. The Morgan fingerprint density at radius 1 is 1.45 bits per heavy atom. The molecule has 2 aromatic rings. The fourth-order valence-electron chi connectivity index (χ4n) is 1.87. The number of hydrogen-bond donors (Lipinski definition) is 2. The van der Waals surface area contributed by atoms with Gasteiger partial charge in [0, 0.05) is 12.4 Å². The lowest BCUT2D eigenvalue weighted by Crippen LogP contribution is -2.39. The SMILES string of the molecule is CC(NC(=O)Cn1cccn1)C(O)c1ccc(F)cc1. The van der Waals surface area contributed by atoms with Gasteiger partial charge in [0.05, 0.1) is 12.1 Å². The van der Waals surface area contributed by atoms with Crippen LogP contribution in [0.2, 0.25) is 0 Å². The molecule has 0 bridgehead atoms. The van der Waals surface area contributed by atoms with E-state index >= 15 is 0 Å². The third-order valence-electron chi connectivity index (χ3n) is 2.94. The van der Waals surface area contributed by atoms with E-state index in [4.69, 9.17) is 0 Å². The van der Waals surface area contributed by atoms with Gasteiger partial charge in [0.25, 0.3) is 0 Å². The summed E-state index contributed by atoms with van der Waals surface area (Å²) in [5, 5.41) is 16.7. The fourth-order valence-corrected chi connectivity index (χ4v) is 1.87. The lowest BCUT2D eigenvalue weighted by molar-refractivity contribution is -0.123. The van der Waals surface area contributed by atoms with E-state index in [9.17, 15) is 14.3 Å². The average molecular weight is 277 g/mol. The second kappa shape index (κ2) is 6.29. The Labute approximate surface area is 116 Å². The van der Waals surface area contributed by atoms with Crippen molar-refractivity contribution in [3.63, 3.8) is 0 Å². The molecule has 2 rings (SSSR count). The van der Waals surface area contributed by atoms with Crippen molar-refractivity contribution >= 4 is 5.91 Å². The summed E-state index contributed by atoms with van der Waals surface area (Å²) in [6.07, 6.45) is 2.38. The number of nitrogens with zero attached hydrogens (tertiary/aromatic N) is 2. The Hall–Kier alpha value is -2.21. The minimum absolute atomic E-state index is 0.0908. The number of carbonyl (C=O) groups excluding carboxylic acids is 1. The second-order valence-electron chi connectivity index (χ2n) is 4.56. The van der Waals surface area contributed by atoms with Gasteiger partial charge >= 0.3 is 0 Å². The first kappa shape index (κ1) is 14.2. The number of benzene rings is 1. The van der Waals surface area contributed by atoms with Gasteiger partial charge in [0.15, 0.2) is 0 Å². The van der Waals surface area contributed by atoms with Crippen LogP contribution in [0.5, 0.6) is 0 Å². The number of aliphatic hydroxyl groups is 1. The molecule has 20 heavy (non-hydrogen) atoms. The van der Waals surface area contributed by atoms with Crippen LogP contribution in [0.4, 0.5) is 4.39 Å². The topological polar surface area (TPSA) is 67.2 Å². The predicted octanol–water partition coefficient (Wildman–Crippen LogP) is 1.26. The Morgan fingerprint density at radius 3 is 2.75 bits per heavy atom. The molecule has 1 aromatic carbocycles. The maximum Gasteiger partial charge on any atom is 0.242 e. The van der Waals surface area contributed by atoms with Gasteiger partial charge in [-0.3, -0.25) is 9.48 Å². The number of halogens is 1. The van der Waals surface area contributed by atoms with Gasteiger partial charge in [0.2, 0.25) is 5.91 Å². The summed E-state index contributed by atoms with van der Waals surface area (Å²) in [6, 6.07) is 6.79. The van der Waals surface area contributed by atoms with Crippen LogP contribution in [-0.2, 0) is 11.3 Å². The number of nitrogens with one attached hydrogen (secondary N) is 1. The number of aliphatic hydroxyl groups excluding tert-OH is 1. The lowest BCUT2D eigenvalue weighted by Gasteiger charge is -2.20. The van der Waals surface area contributed by atoms with E-state index in [-0.39, 0.29) is 18.3 Å². The Morgan fingerprint density at radius 2 is 2.15 bits per heavy atom. The smallest absolute Gasteiger partial charge is 0.242 e. The summed E-state index contributed by atoms with van der Waals surface area (Å²) >= 11 is 0. The Kier molecular flexibility index (Phi) is 4.47. The molecule has 0 aliphatic rings. The van der Waals surface area contributed by atoms with Crippen LogP contribution in [-0.4, -0.2) is 26.8 Å². The zero-order valence-corrected chi connectivity index (χ0v) is 11.0. The molecule has 1 aromatic heterocycles. The average Bonchev–Trinajstić information content (AvgIpc) is 2.91. The normalized spacial score (nSPS) is 13.8. The summed E-state index contributed by atoms with van der Waals surface area (Å²) in [6.45, 7) is 1.78. The third-order valence-corrected chi connectivity index (χ3v) is 2.94. The van der Waals surface area contributed by atoms with Crippen molar-refractivity contribution in [2.45, 2.75) is 25.6 Å². The van der Waals surface area contributed by atoms with E-state index in [1.54, 1.807) is 25.4 Å². The molecule has 0 fully saturated rings. The highest BCUT2D eigenvalue weighted by molar-refractivity contribution is 5.76. The van der Waals surface area contributed by atoms with Crippen molar-refractivity contribution < 1.29 is 14.3 Å². The van der Waals surface area contributed by atoms with Gasteiger partial charge in [-0.2, -0.15) is 5.10 Å². The molecule has 0 aliphatic heterocycles. The summed E-state index contributed by atoms with van der Waals surface area (Å²) < 4.78 is 14.3. The van der Waals surface area contributed by atoms with Crippen molar-refractivity contribution in [1.29, 1.82) is 0 Å². The highest BCUT2D eigenvalue weighted by Gasteiger charge is 2.18. The van der Waals surface area contributed by atoms with Gasteiger partial charge in [0.1, 0.15) is 12.4 Å². The minimum atomic E-state index is -0.892. The number of aromatic nitrogens is 2. The molecule has 2 N–H and O–H groups in total. The molecular weight excluding hydrogens is 261 g/mol. The highest BCUT2D eigenvalue weighted by Crippen LogP contribution is 2.17. The molecule has 0 saturated heterocycles. The summed E-state index contributed by atoms with van der Waals surface area (Å²) in [5.41, 5.74) is 0.554. The fraction of sp³-hybridized carbons (Fsp3) is 0.286. The van der Waals surface area contributed by atoms with Crippen LogP contribution in [0.3, 0.4) is 0 Å². The number of amides is 1. The predicted molar refractivity (Wildman–Crippen MR) is 71.2 cm³/mol. The van der Waals surface area contributed by atoms with Crippen LogP contribution in [0, 0.1) is 5.82 Å². The zero-order chi connectivity index (χ0) is 14.5. The van der Waals surface area contributed by atoms with Crippen LogP contribution in [0.15, 0.2) is 42.7 Å². The summed E-state index contributed by atoms with van der Waals surface area (Å²) in [5.74, 6) is -0.612. The molecule has 2 atom stereocenters. The number of hydrogen-bond acceptors (Lipinski definition) is 3. The summed E-state index contributed by atoms with van der Waals surface area (Å²) in [7, 11) is 0. The zero-order valence-electron chi connectivity index (χ0n) is 11.0. The van der Waals surface area contributed by atoms with Crippen LogP contribution < -0.4 is 5.32 Å². The molecule has 2 unspecified atom stereocenters. The largest absolute Gasteiger partial charge is 0.386 e. The first-order chi connectivity index (χ1) is 9.56. The van der Waals surface area contributed by atoms with Crippen molar-refractivity contribution in [3.05, 3.63) is 54.1 Å². The molecule has 6 heteroatoms. The maximum atomic E-state index is 12.8. The van der Waals surface area contributed by atoms with E-state index in [0.29, 0.717) is 5.56 Å². The van der Waals surface area contributed by atoms with Gasteiger partial charge in [-0.25, -0.2) is 4.39 Å². The van der Waals surface area contributed by atoms with E-state index in [2.05, 4.69) is 10.4 Å². The second-order valence-corrected chi connectivity index (χ2v) is 4.56. The van der Waals surface area contributed by atoms with E-state index < -0.39 is 12.1 Å². The van der Waals surface area contributed by atoms with Gasteiger partial charge in [-0.15, -0.1) is 0 Å². The molecule has 1 heterocycles. The Balaban J connectivity index is 1.91. The van der Waals surface area contributed by atoms with Crippen LogP contribution in [0.1, 0.15) is 18.6 Å². The molecule has 0 aliphatic carbocycles. The van der Waals surface area contributed by atoms with Crippen molar-refractivity contribution in [1.82, 2.24) is 15.1 Å². The molecule has 0 spiro atoms. The molecule has 106 valence electrons. The lowest BCUT2D eigenvalue weighted by atomic mass is 10.0. The monoisotopic (exact) mass is 277 g/mol. The first-order valence-electron chi connectivity index (χ1n) is 6.26. The molecule has 0 saturated carbocycles. The number of carbonyl (C=O) groups is 1. The highest BCUT2D eigenvalue weighted by atomic mass is 19.1. The van der Waals surface area contributed by atoms with E-state index in [1.807, 2.05) is 0 Å². The standard InChI is InChI=1S/C14H16FN3O2/c1-10(14(20)11-3-5-12(15)6-4-11)17-13(19)9-18-8-2-7-16-18/h2-8,10,14,20H,9H2,1H3,(H,17,19). The van der Waals surface area contributed by atoms with E-state index in [0.717, 1.165) is 0 Å². The van der Waals surface area contributed by atoms with Crippen molar-refractivity contribution in [3.8, 4) is 0 Å². The van der Waals surface area contributed by atoms with E-state index in [1.165, 1.54) is 28.9 Å². The maximum absolute atomic E-state index is 12.8. The number of rotatable bonds is 5.